The van der Waals surface area contributed by atoms with E-state index in [1.807, 2.05) is 30.3 Å². The van der Waals surface area contributed by atoms with Crippen LogP contribution in [-0.4, -0.2) is 20.1 Å². The molecular formula is C22H20Cl2N2O3S. The van der Waals surface area contributed by atoms with Crippen molar-refractivity contribution in [1.29, 1.82) is 0 Å². The van der Waals surface area contributed by atoms with Gasteiger partial charge in [0.25, 0.3) is 5.91 Å². The molecule has 156 valence electrons. The number of carbonyl (C=O) groups excluding carboxylic acids is 1. The molecular weight excluding hydrogens is 443 g/mol. The van der Waals surface area contributed by atoms with Crippen molar-refractivity contribution in [3.63, 3.8) is 0 Å². The van der Waals surface area contributed by atoms with E-state index in [9.17, 15) is 13.2 Å². The van der Waals surface area contributed by atoms with Gasteiger partial charge >= 0.3 is 0 Å². The quantitative estimate of drug-likeness (QED) is 0.499. The first kappa shape index (κ1) is 22.2. The Morgan fingerprint density at radius 1 is 0.867 bits per heavy atom. The topological polar surface area (TPSA) is 75.3 Å². The van der Waals surface area contributed by atoms with Crippen LogP contribution in [0.15, 0.2) is 72.8 Å². The minimum atomic E-state index is -3.59. The van der Waals surface area contributed by atoms with Crippen molar-refractivity contribution in [1.82, 2.24) is 5.32 Å². The zero-order chi connectivity index (χ0) is 21.6. The maximum Gasteiger partial charge on any atom is 0.251 e. The zero-order valence-corrected chi connectivity index (χ0v) is 18.3. The smallest absolute Gasteiger partial charge is 0.251 e. The summed E-state index contributed by atoms with van der Waals surface area (Å²) in [5.74, 6) is -0.379. The van der Waals surface area contributed by atoms with Gasteiger partial charge in [0.2, 0.25) is 10.0 Å². The summed E-state index contributed by atoms with van der Waals surface area (Å²) in [6, 6.07) is 21.0. The van der Waals surface area contributed by atoms with Gasteiger partial charge in [0.05, 0.1) is 15.8 Å². The Balaban J connectivity index is 1.56. The Kier molecular flexibility index (Phi) is 7.37. The van der Waals surface area contributed by atoms with E-state index in [1.54, 1.807) is 42.5 Å². The Labute approximate surface area is 186 Å². The Morgan fingerprint density at radius 3 is 2.27 bits per heavy atom. The fourth-order valence-corrected chi connectivity index (χ4v) is 4.29. The number of nitrogens with one attached hydrogen (secondary N) is 2. The highest BCUT2D eigenvalue weighted by molar-refractivity contribution is 7.92. The number of rotatable bonds is 8. The monoisotopic (exact) mass is 462 g/mol. The summed E-state index contributed by atoms with van der Waals surface area (Å²) in [4.78, 5) is 12.3. The van der Waals surface area contributed by atoms with Crippen LogP contribution in [0.3, 0.4) is 0 Å². The van der Waals surface area contributed by atoms with Crippen molar-refractivity contribution in [2.45, 2.75) is 13.0 Å². The van der Waals surface area contributed by atoms with Crippen molar-refractivity contribution >= 4 is 44.8 Å². The van der Waals surface area contributed by atoms with Gasteiger partial charge in [0, 0.05) is 17.8 Å². The van der Waals surface area contributed by atoms with Gasteiger partial charge in [-0.05, 0) is 47.9 Å². The first-order valence-corrected chi connectivity index (χ1v) is 11.6. The van der Waals surface area contributed by atoms with E-state index in [4.69, 9.17) is 23.2 Å². The molecule has 1 amide bonds. The number of amides is 1. The van der Waals surface area contributed by atoms with Crippen molar-refractivity contribution in [2.24, 2.45) is 0 Å². The van der Waals surface area contributed by atoms with Gasteiger partial charge in [0.15, 0.2) is 0 Å². The molecule has 30 heavy (non-hydrogen) atoms. The zero-order valence-electron chi connectivity index (χ0n) is 15.9. The van der Waals surface area contributed by atoms with Gasteiger partial charge in [-0.2, -0.15) is 0 Å². The largest absolute Gasteiger partial charge is 0.348 e. The lowest BCUT2D eigenvalue weighted by atomic mass is 10.2. The van der Waals surface area contributed by atoms with Gasteiger partial charge < -0.3 is 5.32 Å². The minimum Gasteiger partial charge on any atom is -0.348 e. The summed E-state index contributed by atoms with van der Waals surface area (Å²) in [5, 5.41) is 3.58. The van der Waals surface area contributed by atoms with E-state index in [-0.39, 0.29) is 18.1 Å². The second kappa shape index (κ2) is 9.98. The van der Waals surface area contributed by atoms with Crippen molar-refractivity contribution in [2.75, 3.05) is 10.5 Å². The maximum atomic E-state index is 12.4. The molecule has 0 fully saturated rings. The van der Waals surface area contributed by atoms with Crippen LogP contribution in [0.5, 0.6) is 0 Å². The maximum absolute atomic E-state index is 12.4. The van der Waals surface area contributed by atoms with Gasteiger partial charge in [-0.3, -0.25) is 9.52 Å². The van der Waals surface area contributed by atoms with Gasteiger partial charge in [-0.15, -0.1) is 0 Å². The number of hydrogen-bond donors (Lipinski definition) is 2. The molecule has 0 heterocycles. The Bertz CT molecular complexity index is 1120. The molecule has 0 spiro atoms. The molecule has 0 unspecified atom stereocenters. The number of anilines is 1. The molecule has 0 saturated heterocycles. The highest BCUT2D eigenvalue weighted by atomic mass is 35.5. The van der Waals surface area contributed by atoms with E-state index in [2.05, 4.69) is 10.0 Å². The predicted molar refractivity (Wildman–Crippen MR) is 122 cm³/mol. The molecule has 0 aliphatic heterocycles. The average Bonchev–Trinajstić information content (AvgIpc) is 2.74. The van der Waals surface area contributed by atoms with Crippen LogP contribution >= 0.6 is 23.2 Å². The van der Waals surface area contributed by atoms with Crippen LogP contribution in [0, 0.1) is 0 Å². The summed E-state index contributed by atoms with van der Waals surface area (Å²) in [5.41, 5.74) is 2.49. The van der Waals surface area contributed by atoms with E-state index < -0.39 is 10.0 Å². The van der Waals surface area contributed by atoms with Gasteiger partial charge in [0.1, 0.15) is 0 Å². The van der Waals surface area contributed by atoms with Crippen LogP contribution in [0.25, 0.3) is 0 Å². The van der Waals surface area contributed by atoms with Crippen LogP contribution in [0.4, 0.5) is 5.69 Å². The molecule has 0 aliphatic rings. The van der Waals surface area contributed by atoms with E-state index in [0.717, 1.165) is 5.56 Å². The molecule has 0 aromatic heterocycles. The molecule has 5 nitrogen and oxygen atoms in total. The molecule has 3 aromatic rings. The standard InChI is InChI=1S/C22H20Cl2N2O3S/c23-20-8-4-7-17(21(20)24)13-14-30(28,29)26-19-11-9-18(10-12-19)22(27)25-15-16-5-2-1-3-6-16/h1-12,26H,13-15H2,(H,25,27). The van der Waals surface area contributed by atoms with E-state index in [1.165, 1.54) is 0 Å². The predicted octanol–water partition coefficient (Wildman–Crippen LogP) is 4.91. The second-order valence-corrected chi connectivity index (χ2v) is 9.26. The normalized spacial score (nSPS) is 11.1. The van der Waals surface area contributed by atoms with E-state index >= 15 is 0 Å². The molecule has 3 rings (SSSR count). The molecule has 0 radical (unpaired) electrons. The van der Waals surface area contributed by atoms with Gasteiger partial charge in [-0.25, -0.2) is 8.42 Å². The van der Waals surface area contributed by atoms with Crippen molar-refractivity contribution in [3.05, 3.63) is 99.5 Å². The molecule has 0 bridgehead atoms. The number of aryl methyl sites for hydroxylation is 1. The van der Waals surface area contributed by atoms with Crippen LogP contribution in [0.2, 0.25) is 10.0 Å². The lowest BCUT2D eigenvalue weighted by molar-refractivity contribution is 0.0951. The summed E-state index contributed by atoms with van der Waals surface area (Å²) in [6.45, 7) is 0.417. The number of sulfonamides is 1. The highest BCUT2D eigenvalue weighted by Gasteiger charge is 2.14. The molecule has 8 heteroatoms. The minimum absolute atomic E-state index is 0.146. The summed E-state index contributed by atoms with van der Waals surface area (Å²) < 4.78 is 27.3. The number of benzene rings is 3. The third-order valence-corrected chi connectivity index (χ3v) is 6.53. The molecule has 3 aromatic carbocycles. The fraction of sp³-hybridized carbons (Fsp3) is 0.136. The third-order valence-electron chi connectivity index (χ3n) is 4.39. The SMILES string of the molecule is O=C(NCc1ccccc1)c1ccc(NS(=O)(=O)CCc2cccc(Cl)c2Cl)cc1. The second-order valence-electron chi connectivity index (χ2n) is 6.63. The van der Waals surface area contributed by atoms with Crippen LogP contribution < -0.4 is 10.0 Å². The molecule has 0 aliphatic carbocycles. The van der Waals surface area contributed by atoms with E-state index in [0.29, 0.717) is 33.4 Å². The number of carbonyl (C=O) groups is 1. The summed E-state index contributed by atoms with van der Waals surface area (Å²) >= 11 is 12.1. The number of halogens is 2. The fourth-order valence-electron chi connectivity index (χ4n) is 2.79. The molecule has 2 N–H and O–H groups in total. The first-order valence-electron chi connectivity index (χ1n) is 9.19. The first-order chi connectivity index (χ1) is 14.3. The lowest BCUT2D eigenvalue weighted by Gasteiger charge is -2.10. The van der Waals surface area contributed by atoms with Crippen LogP contribution in [-0.2, 0) is 23.0 Å². The Hall–Kier alpha value is -2.54. The van der Waals surface area contributed by atoms with Crippen LogP contribution in [0.1, 0.15) is 21.5 Å². The lowest BCUT2D eigenvalue weighted by Crippen LogP contribution is -2.23. The van der Waals surface area contributed by atoms with Gasteiger partial charge in [-0.1, -0.05) is 65.7 Å². The third kappa shape index (κ3) is 6.23. The molecule has 0 atom stereocenters. The molecule has 0 saturated carbocycles. The van der Waals surface area contributed by atoms with Crippen molar-refractivity contribution < 1.29 is 13.2 Å². The van der Waals surface area contributed by atoms with Crippen molar-refractivity contribution in [3.8, 4) is 0 Å². The summed E-state index contributed by atoms with van der Waals surface area (Å²) in [6.07, 6.45) is 0.231. The Morgan fingerprint density at radius 2 is 1.57 bits per heavy atom. The highest BCUT2D eigenvalue weighted by Crippen LogP contribution is 2.26. The average molecular weight is 463 g/mol. The summed E-state index contributed by atoms with van der Waals surface area (Å²) in [7, 11) is -3.59. The number of hydrogen-bond acceptors (Lipinski definition) is 3.